The molecule has 0 aliphatic carbocycles. The van der Waals surface area contributed by atoms with Gasteiger partial charge >= 0.3 is 0 Å². The van der Waals surface area contributed by atoms with Crippen molar-refractivity contribution in [1.29, 1.82) is 0 Å². The number of guanidine groups is 1. The number of aliphatic imine (C=N–C) groups is 1. The van der Waals surface area contributed by atoms with Crippen molar-refractivity contribution < 1.29 is 5.11 Å². The molecular formula is C21H40N6O. The number of aromatic nitrogens is 2. The Labute approximate surface area is 170 Å². The lowest BCUT2D eigenvalue weighted by atomic mass is 9.93. The number of hydrogen-bond acceptors (Lipinski definition) is 4. The maximum atomic E-state index is 10.8. The van der Waals surface area contributed by atoms with Gasteiger partial charge in [0.15, 0.2) is 5.96 Å². The zero-order valence-corrected chi connectivity index (χ0v) is 18.4. The molecule has 3 N–H and O–H groups in total. The quantitative estimate of drug-likeness (QED) is 0.420. The van der Waals surface area contributed by atoms with Crippen molar-refractivity contribution in [1.82, 2.24) is 25.3 Å². The van der Waals surface area contributed by atoms with Gasteiger partial charge in [-0.05, 0) is 45.7 Å². The fourth-order valence-corrected chi connectivity index (χ4v) is 4.07. The number of aryl methyl sites for hydroxylation is 1. The van der Waals surface area contributed by atoms with Crippen molar-refractivity contribution in [3.05, 3.63) is 18.0 Å². The highest BCUT2D eigenvalue weighted by Gasteiger charge is 2.28. The third-order valence-electron chi connectivity index (χ3n) is 5.90. The van der Waals surface area contributed by atoms with Crippen molar-refractivity contribution in [3.8, 4) is 0 Å². The largest absolute Gasteiger partial charge is 0.383 e. The van der Waals surface area contributed by atoms with Gasteiger partial charge in [0, 0.05) is 37.9 Å². The monoisotopic (exact) mass is 392 g/mol. The molecule has 7 heteroatoms. The highest BCUT2D eigenvalue weighted by atomic mass is 16.3. The van der Waals surface area contributed by atoms with Crippen LogP contribution >= 0.6 is 0 Å². The summed E-state index contributed by atoms with van der Waals surface area (Å²) in [7, 11) is 1.85. The Bertz CT molecular complexity index is 600. The Balaban J connectivity index is 2.04. The second-order valence-corrected chi connectivity index (χ2v) is 8.14. The molecule has 2 unspecified atom stereocenters. The number of aliphatic hydroxyl groups is 1. The van der Waals surface area contributed by atoms with Gasteiger partial charge in [-0.3, -0.25) is 9.58 Å². The predicted octanol–water partition coefficient (Wildman–Crippen LogP) is 2.08. The lowest BCUT2D eigenvalue weighted by molar-refractivity contribution is 0.0671. The minimum Gasteiger partial charge on any atom is -0.383 e. The number of nitrogens with zero attached hydrogens (tertiary/aromatic N) is 4. The highest BCUT2D eigenvalue weighted by Crippen LogP contribution is 2.23. The van der Waals surface area contributed by atoms with Crippen LogP contribution in [0.2, 0.25) is 0 Å². The minimum absolute atomic E-state index is 0.285. The smallest absolute Gasteiger partial charge is 0.191 e. The molecule has 1 aliphatic rings. The molecule has 160 valence electrons. The molecule has 2 heterocycles. The third-order valence-corrected chi connectivity index (χ3v) is 5.90. The van der Waals surface area contributed by atoms with Gasteiger partial charge in [-0.2, -0.15) is 5.10 Å². The molecule has 28 heavy (non-hydrogen) atoms. The van der Waals surface area contributed by atoms with Gasteiger partial charge in [0.25, 0.3) is 0 Å². The van der Waals surface area contributed by atoms with E-state index >= 15 is 0 Å². The van der Waals surface area contributed by atoms with Crippen LogP contribution in [0, 0.1) is 5.92 Å². The average molecular weight is 393 g/mol. The Morgan fingerprint density at radius 3 is 2.46 bits per heavy atom. The van der Waals surface area contributed by atoms with Gasteiger partial charge < -0.3 is 15.7 Å². The Hall–Kier alpha value is -1.60. The van der Waals surface area contributed by atoms with E-state index in [9.17, 15) is 5.11 Å². The first-order chi connectivity index (χ1) is 13.4. The van der Waals surface area contributed by atoms with Gasteiger partial charge in [0.1, 0.15) is 5.60 Å². The van der Waals surface area contributed by atoms with E-state index in [-0.39, 0.29) is 6.54 Å². The molecule has 2 atom stereocenters. The summed E-state index contributed by atoms with van der Waals surface area (Å²) in [5.74, 6) is 1.45. The summed E-state index contributed by atoms with van der Waals surface area (Å²) in [6, 6.07) is 0.528. The lowest BCUT2D eigenvalue weighted by Crippen LogP contribution is -2.49. The fourth-order valence-electron chi connectivity index (χ4n) is 4.07. The Kier molecular flexibility index (Phi) is 8.76. The van der Waals surface area contributed by atoms with Gasteiger partial charge in [-0.15, -0.1) is 0 Å². The van der Waals surface area contributed by atoms with Crippen LogP contribution in [0.3, 0.4) is 0 Å². The standard InChI is InChI=1S/C21H40N6O/c1-6-17(7-2)19(27-11-9-10-12-27)14-23-20(22-8-3)24-16-21(4,28)18-13-25-26(5)15-18/h13,15,17,19,28H,6-12,14,16H2,1-5H3,(H2,22,23,24). The van der Waals surface area contributed by atoms with Crippen LogP contribution in [0.25, 0.3) is 0 Å². The molecular weight excluding hydrogens is 352 g/mol. The Morgan fingerprint density at radius 1 is 1.25 bits per heavy atom. The molecule has 0 radical (unpaired) electrons. The fraction of sp³-hybridized carbons (Fsp3) is 0.810. The van der Waals surface area contributed by atoms with Gasteiger partial charge in [0.05, 0.1) is 12.7 Å². The number of hydrogen-bond donors (Lipinski definition) is 3. The molecule has 1 saturated heterocycles. The molecule has 2 rings (SSSR count). The Morgan fingerprint density at radius 2 is 1.93 bits per heavy atom. The summed E-state index contributed by atoms with van der Waals surface area (Å²) in [4.78, 5) is 7.31. The first-order valence-corrected chi connectivity index (χ1v) is 10.9. The van der Waals surface area contributed by atoms with E-state index in [1.807, 2.05) is 13.2 Å². The second kappa shape index (κ2) is 10.8. The van der Waals surface area contributed by atoms with E-state index in [1.54, 1.807) is 17.8 Å². The first kappa shape index (κ1) is 22.7. The van der Waals surface area contributed by atoms with Crippen LogP contribution in [-0.2, 0) is 12.6 Å². The van der Waals surface area contributed by atoms with Crippen molar-refractivity contribution in [2.24, 2.45) is 18.0 Å². The van der Waals surface area contributed by atoms with E-state index in [4.69, 9.17) is 0 Å². The van der Waals surface area contributed by atoms with Crippen molar-refractivity contribution in [3.63, 3.8) is 0 Å². The van der Waals surface area contributed by atoms with Crippen LogP contribution in [0.5, 0.6) is 0 Å². The molecule has 1 aromatic rings. The zero-order valence-electron chi connectivity index (χ0n) is 18.4. The lowest BCUT2D eigenvalue weighted by Gasteiger charge is -2.34. The molecule has 0 spiro atoms. The van der Waals surface area contributed by atoms with E-state index < -0.39 is 5.60 Å². The first-order valence-electron chi connectivity index (χ1n) is 10.9. The molecule has 7 nitrogen and oxygen atoms in total. The summed E-state index contributed by atoms with van der Waals surface area (Å²) in [6.07, 6.45) is 8.54. The molecule has 0 amide bonds. The zero-order chi connectivity index (χ0) is 20.6. The topological polar surface area (TPSA) is 77.7 Å². The van der Waals surface area contributed by atoms with E-state index in [0.29, 0.717) is 12.0 Å². The van der Waals surface area contributed by atoms with Crippen LogP contribution in [-0.4, -0.2) is 64.5 Å². The minimum atomic E-state index is -1.04. The maximum absolute atomic E-state index is 10.8. The van der Waals surface area contributed by atoms with Crippen LogP contribution in [0.1, 0.15) is 58.9 Å². The van der Waals surface area contributed by atoms with E-state index in [0.717, 1.165) is 24.6 Å². The summed E-state index contributed by atoms with van der Waals surface area (Å²) in [5, 5.41) is 21.8. The van der Waals surface area contributed by atoms with Gasteiger partial charge in [-0.25, -0.2) is 4.99 Å². The van der Waals surface area contributed by atoms with Crippen LogP contribution < -0.4 is 10.6 Å². The SMILES string of the molecule is CCNC(=NCC(C)(O)c1cnn(C)c1)NCC(C(CC)CC)N1CCCC1. The molecule has 0 aromatic carbocycles. The normalized spacial score (nSPS) is 19.0. The summed E-state index contributed by atoms with van der Waals surface area (Å²) in [5.41, 5.74) is -0.262. The molecule has 1 fully saturated rings. The number of nitrogens with one attached hydrogen (secondary N) is 2. The molecule has 1 aliphatic heterocycles. The summed E-state index contributed by atoms with van der Waals surface area (Å²) < 4.78 is 1.70. The van der Waals surface area contributed by atoms with E-state index in [2.05, 4.69) is 46.4 Å². The van der Waals surface area contributed by atoms with Crippen molar-refractivity contribution in [2.75, 3.05) is 32.7 Å². The van der Waals surface area contributed by atoms with Gasteiger partial charge in [0.2, 0.25) is 0 Å². The van der Waals surface area contributed by atoms with Crippen molar-refractivity contribution >= 4 is 5.96 Å². The highest BCUT2D eigenvalue weighted by molar-refractivity contribution is 5.79. The average Bonchev–Trinajstić information content (AvgIpc) is 3.35. The van der Waals surface area contributed by atoms with E-state index in [1.165, 1.54) is 38.8 Å². The predicted molar refractivity (Wildman–Crippen MR) is 115 cm³/mol. The molecule has 1 aromatic heterocycles. The maximum Gasteiger partial charge on any atom is 0.191 e. The molecule has 0 bridgehead atoms. The molecule has 0 saturated carbocycles. The third kappa shape index (κ3) is 6.21. The number of likely N-dealkylation sites (tertiary alicyclic amines) is 1. The summed E-state index contributed by atoms with van der Waals surface area (Å²) >= 11 is 0. The van der Waals surface area contributed by atoms with Crippen LogP contribution in [0.4, 0.5) is 0 Å². The van der Waals surface area contributed by atoms with Crippen molar-refractivity contribution in [2.45, 2.75) is 65.0 Å². The number of rotatable bonds is 10. The van der Waals surface area contributed by atoms with Gasteiger partial charge in [-0.1, -0.05) is 26.7 Å². The summed E-state index contributed by atoms with van der Waals surface area (Å²) in [6.45, 7) is 12.8. The second-order valence-electron chi connectivity index (χ2n) is 8.14. The van der Waals surface area contributed by atoms with Crippen LogP contribution in [0.15, 0.2) is 17.4 Å².